The Hall–Kier alpha value is -3.24. The highest BCUT2D eigenvalue weighted by molar-refractivity contribution is 5.99. The van der Waals surface area contributed by atoms with Crippen LogP contribution in [-0.2, 0) is 24.1 Å². The van der Waals surface area contributed by atoms with Gasteiger partial charge in [-0.2, -0.15) is 13.2 Å². The number of aliphatic hydroxyl groups is 1. The topological polar surface area (TPSA) is 102 Å². The molecule has 0 saturated heterocycles. The Bertz CT molecular complexity index is 1210. The van der Waals surface area contributed by atoms with E-state index < -0.39 is 11.7 Å². The van der Waals surface area contributed by atoms with Gasteiger partial charge in [0.15, 0.2) is 0 Å². The van der Waals surface area contributed by atoms with Crippen LogP contribution in [-0.4, -0.2) is 39.0 Å². The number of nitrogens with zero attached hydrogens (tertiary/aromatic N) is 3. The number of fused-ring (bicyclic) bond motifs is 3. The molecule has 0 aliphatic carbocycles. The number of aliphatic hydroxyl groups excluding tert-OH is 1. The molecule has 0 fully saturated rings. The van der Waals surface area contributed by atoms with E-state index in [-0.39, 0.29) is 37.6 Å². The molecule has 0 saturated carbocycles. The van der Waals surface area contributed by atoms with Crippen LogP contribution in [0.2, 0.25) is 0 Å². The summed E-state index contributed by atoms with van der Waals surface area (Å²) >= 11 is 0. The standard InChI is InChI=1S/C24H25F3N4O3/c1-13(11-32)9-31(10-17-5-4-16(8-29-17)24(25,26)27)23(33)15-3-6-20-18(7-15)19-12-34-14(2)21(19)22(28)30-20/h3-8,13-14,32H,9-12H2,1-2H3,(H2,28,30)/t13?,14-/m1/s1. The number of hydrogen-bond donors (Lipinski definition) is 2. The molecule has 1 amide bonds. The Labute approximate surface area is 194 Å². The Balaban J connectivity index is 1.67. The first-order chi connectivity index (χ1) is 16.1. The predicted molar refractivity (Wildman–Crippen MR) is 120 cm³/mol. The van der Waals surface area contributed by atoms with Crippen LogP contribution >= 0.6 is 0 Å². The van der Waals surface area contributed by atoms with Gasteiger partial charge in [-0.1, -0.05) is 6.92 Å². The monoisotopic (exact) mass is 474 g/mol. The minimum absolute atomic E-state index is 0.00239. The van der Waals surface area contributed by atoms with Gasteiger partial charge in [-0.05, 0) is 48.7 Å². The number of alkyl halides is 3. The van der Waals surface area contributed by atoms with Crippen LogP contribution in [0, 0.1) is 5.92 Å². The van der Waals surface area contributed by atoms with E-state index in [4.69, 9.17) is 10.5 Å². The van der Waals surface area contributed by atoms with Crippen LogP contribution < -0.4 is 5.73 Å². The number of hydrogen-bond acceptors (Lipinski definition) is 6. The zero-order chi connectivity index (χ0) is 24.6. The van der Waals surface area contributed by atoms with Gasteiger partial charge in [0.05, 0.1) is 36.0 Å². The van der Waals surface area contributed by atoms with Crippen molar-refractivity contribution in [2.45, 2.75) is 39.3 Å². The summed E-state index contributed by atoms with van der Waals surface area (Å²) < 4.78 is 44.3. The van der Waals surface area contributed by atoms with E-state index in [1.165, 1.54) is 11.0 Å². The maximum atomic E-state index is 13.5. The fourth-order valence-electron chi connectivity index (χ4n) is 4.12. The molecule has 1 aliphatic rings. The summed E-state index contributed by atoms with van der Waals surface area (Å²) in [5.74, 6) is -0.168. The van der Waals surface area contributed by atoms with E-state index in [9.17, 15) is 23.1 Å². The van der Waals surface area contributed by atoms with E-state index >= 15 is 0 Å². The number of pyridine rings is 2. The number of nitrogens with two attached hydrogens (primary N) is 1. The smallest absolute Gasteiger partial charge is 0.396 e. The molecule has 0 bridgehead atoms. The van der Waals surface area contributed by atoms with E-state index in [0.29, 0.717) is 29.2 Å². The summed E-state index contributed by atoms with van der Waals surface area (Å²) in [6, 6.07) is 7.29. The lowest BCUT2D eigenvalue weighted by atomic mass is 10.00. The van der Waals surface area contributed by atoms with Gasteiger partial charge < -0.3 is 20.5 Å². The Morgan fingerprint density at radius 3 is 2.74 bits per heavy atom. The third-order valence-corrected chi connectivity index (χ3v) is 5.93. The number of amides is 1. The van der Waals surface area contributed by atoms with E-state index in [2.05, 4.69) is 9.97 Å². The fourth-order valence-corrected chi connectivity index (χ4v) is 4.12. The molecule has 2 aromatic heterocycles. The quantitative estimate of drug-likeness (QED) is 0.558. The Morgan fingerprint density at radius 2 is 2.09 bits per heavy atom. The number of rotatable bonds is 6. The van der Waals surface area contributed by atoms with E-state index in [1.54, 1.807) is 25.1 Å². The van der Waals surface area contributed by atoms with Crippen molar-refractivity contribution >= 4 is 22.6 Å². The molecule has 3 heterocycles. The molecular formula is C24H25F3N4O3. The van der Waals surface area contributed by atoms with Gasteiger partial charge in [-0.3, -0.25) is 9.78 Å². The summed E-state index contributed by atoms with van der Waals surface area (Å²) in [5.41, 5.74) is 8.29. The number of aromatic nitrogens is 2. The summed E-state index contributed by atoms with van der Waals surface area (Å²) in [4.78, 5) is 23.3. The Morgan fingerprint density at radius 1 is 1.32 bits per heavy atom. The number of benzene rings is 1. The molecule has 3 N–H and O–H groups in total. The minimum Gasteiger partial charge on any atom is -0.396 e. The number of anilines is 1. The molecule has 0 spiro atoms. The lowest BCUT2D eigenvalue weighted by Crippen LogP contribution is -2.35. The van der Waals surface area contributed by atoms with Crippen molar-refractivity contribution in [3.63, 3.8) is 0 Å². The first-order valence-corrected chi connectivity index (χ1v) is 10.8. The first-order valence-electron chi connectivity index (χ1n) is 10.8. The normalized spacial score (nSPS) is 16.5. The van der Waals surface area contributed by atoms with Gasteiger partial charge in [0.2, 0.25) is 0 Å². The van der Waals surface area contributed by atoms with Crippen LogP contribution in [0.25, 0.3) is 10.9 Å². The predicted octanol–water partition coefficient (Wildman–Crippen LogP) is 4.09. The van der Waals surface area contributed by atoms with Gasteiger partial charge in [-0.15, -0.1) is 0 Å². The molecule has 0 radical (unpaired) electrons. The number of carbonyl (C=O) groups is 1. The summed E-state index contributed by atoms with van der Waals surface area (Å²) in [6.45, 7) is 4.08. The zero-order valence-electron chi connectivity index (χ0n) is 18.8. The highest BCUT2D eigenvalue weighted by Crippen LogP contribution is 2.38. The van der Waals surface area contributed by atoms with Gasteiger partial charge >= 0.3 is 6.18 Å². The van der Waals surface area contributed by atoms with Gasteiger partial charge in [0.25, 0.3) is 5.91 Å². The highest BCUT2D eigenvalue weighted by atomic mass is 19.4. The molecular weight excluding hydrogens is 449 g/mol. The van der Waals surface area contributed by atoms with Crippen molar-refractivity contribution in [3.8, 4) is 0 Å². The number of ether oxygens (including phenoxy) is 1. The summed E-state index contributed by atoms with van der Waals surface area (Å²) in [5, 5.41) is 10.3. The number of nitrogen functional groups attached to an aromatic ring is 1. The van der Waals surface area contributed by atoms with Gasteiger partial charge in [0, 0.05) is 35.9 Å². The molecule has 3 aromatic rings. The average molecular weight is 474 g/mol. The second-order valence-corrected chi connectivity index (χ2v) is 8.58. The van der Waals surface area contributed by atoms with E-state index in [1.807, 2.05) is 6.92 Å². The second-order valence-electron chi connectivity index (χ2n) is 8.58. The summed E-state index contributed by atoms with van der Waals surface area (Å²) in [6.07, 6.45) is -3.93. The van der Waals surface area contributed by atoms with Crippen molar-refractivity contribution in [3.05, 3.63) is 64.5 Å². The number of carbonyl (C=O) groups excluding carboxylic acids is 1. The van der Waals surface area contributed by atoms with Crippen LogP contribution in [0.15, 0.2) is 36.5 Å². The van der Waals surface area contributed by atoms with Gasteiger partial charge in [-0.25, -0.2) is 4.98 Å². The van der Waals surface area contributed by atoms with Crippen molar-refractivity contribution in [1.29, 1.82) is 0 Å². The number of halogens is 3. The third-order valence-electron chi connectivity index (χ3n) is 5.93. The zero-order valence-corrected chi connectivity index (χ0v) is 18.8. The fraction of sp³-hybridized carbons (Fsp3) is 0.375. The molecule has 4 rings (SSSR count). The lowest BCUT2D eigenvalue weighted by Gasteiger charge is -2.25. The van der Waals surface area contributed by atoms with Crippen LogP contribution in [0.4, 0.5) is 19.0 Å². The van der Waals surface area contributed by atoms with Crippen LogP contribution in [0.1, 0.15) is 52.7 Å². The maximum absolute atomic E-state index is 13.5. The average Bonchev–Trinajstić information content (AvgIpc) is 3.20. The SMILES string of the molecule is CC(CO)CN(Cc1ccc(C(F)(F)F)cn1)C(=O)c1ccc2nc(N)c3c(c2c1)CO[C@@H]3C. The van der Waals surface area contributed by atoms with Crippen molar-refractivity contribution < 1.29 is 27.8 Å². The molecule has 7 nitrogen and oxygen atoms in total. The molecule has 1 unspecified atom stereocenters. The largest absolute Gasteiger partial charge is 0.417 e. The van der Waals surface area contributed by atoms with E-state index in [0.717, 1.165) is 28.8 Å². The maximum Gasteiger partial charge on any atom is 0.417 e. The van der Waals surface area contributed by atoms with Crippen molar-refractivity contribution in [2.75, 3.05) is 18.9 Å². The van der Waals surface area contributed by atoms with Crippen molar-refractivity contribution in [1.82, 2.24) is 14.9 Å². The Kier molecular flexibility index (Phi) is 6.46. The van der Waals surface area contributed by atoms with Crippen molar-refractivity contribution in [2.24, 2.45) is 5.92 Å². The molecule has 10 heteroatoms. The third kappa shape index (κ3) is 4.69. The van der Waals surface area contributed by atoms with Crippen LogP contribution in [0.3, 0.4) is 0 Å². The highest BCUT2D eigenvalue weighted by Gasteiger charge is 2.31. The minimum atomic E-state index is -4.49. The molecule has 1 aromatic carbocycles. The molecule has 34 heavy (non-hydrogen) atoms. The molecule has 2 atom stereocenters. The van der Waals surface area contributed by atoms with Crippen LogP contribution in [0.5, 0.6) is 0 Å². The summed E-state index contributed by atoms with van der Waals surface area (Å²) in [7, 11) is 0. The second kappa shape index (κ2) is 9.19. The first kappa shape index (κ1) is 23.9. The molecule has 180 valence electrons. The van der Waals surface area contributed by atoms with Gasteiger partial charge in [0.1, 0.15) is 5.82 Å². The lowest BCUT2D eigenvalue weighted by molar-refractivity contribution is -0.137. The molecule has 1 aliphatic heterocycles.